The third-order valence-corrected chi connectivity index (χ3v) is 9.26. The maximum absolute atomic E-state index is 13.9. The molecule has 0 aromatic heterocycles. The van der Waals surface area contributed by atoms with Crippen molar-refractivity contribution in [2.24, 2.45) is 11.8 Å². The van der Waals surface area contributed by atoms with Crippen LogP contribution in [0.2, 0.25) is 0 Å². The molecule has 3 saturated heterocycles. The molecule has 2 bridgehead atoms. The second kappa shape index (κ2) is 9.43. The third-order valence-electron chi connectivity index (χ3n) is 7.31. The molecule has 4 rings (SSSR count). The van der Waals surface area contributed by atoms with E-state index < -0.39 is 28.7 Å². The number of hydrogen-bond donors (Lipinski definition) is 3. The molecule has 3 N–H and O–H groups in total. The van der Waals surface area contributed by atoms with Gasteiger partial charge in [-0.25, -0.2) is 0 Å². The van der Waals surface area contributed by atoms with Crippen molar-refractivity contribution in [2.75, 3.05) is 20.2 Å². The number of nitrogens with one attached hydrogen (secondary N) is 2. The molecule has 2 unspecified atom stereocenters. The Kier molecular flexibility index (Phi) is 6.81. The van der Waals surface area contributed by atoms with E-state index in [1.165, 1.54) is 0 Å². The van der Waals surface area contributed by atoms with Crippen LogP contribution >= 0.6 is 11.8 Å². The predicted molar refractivity (Wildman–Crippen MR) is 124 cm³/mol. The maximum Gasteiger partial charge on any atom is 0.244 e. The maximum atomic E-state index is 13.9. The van der Waals surface area contributed by atoms with E-state index in [2.05, 4.69) is 17.6 Å². The first-order valence-corrected chi connectivity index (χ1v) is 12.5. The number of fused-ring (bicyclic) bond motifs is 1. The molecule has 3 aliphatic heterocycles. The Balaban J connectivity index is 1.73. The second-order valence-electron chi connectivity index (χ2n) is 9.02. The normalized spacial score (nSPS) is 31.5. The number of aliphatic hydroxyl groups excluding tert-OH is 1. The van der Waals surface area contributed by atoms with Crippen molar-refractivity contribution in [3.63, 3.8) is 0 Å². The average molecular weight is 460 g/mol. The van der Waals surface area contributed by atoms with E-state index in [4.69, 9.17) is 0 Å². The molecule has 3 amide bonds. The number of aliphatic hydroxyl groups is 1. The van der Waals surface area contributed by atoms with E-state index in [-0.39, 0.29) is 29.6 Å². The molecular weight excluding hydrogens is 426 g/mol. The molecule has 1 aromatic carbocycles. The van der Waals surface area contributed by atoms with Crippen LogP contribution in [0.25, 0.3) is 0 Å². The van der Waals surface area contributed by atoms with Crippen molar-refractivity contribution in [1.29, 1.82) is 0 Å². The van der Waals surface area contributed by atoms with E-state index in [0.29, 0.717) is 6.54 Å². The number of nitrogens with zero attached hydrogens (tertiary/aromatic N) is 1. The Hall–Kier alpha value is -2.06. The van der Waals surface area contributed by atoms with Gasteiger partial charge in [-0.05, 0) is 24.8 Å². The molecule has 0 saturated carbocycles. The van der Waals surface area contributed by atoms with Crippen LogP contribution in [0, 0.1) is 11.8 Å². The lowest BCUT2D eigenvalue weighted by molar-refractivity contribution is -0.142. The topological polar surface area (TPSA) is 98.7 Å². The lowest BCUT2D eigenvalue weighted by Gasteiger charge is -2.37. The van der Waals surface area contributed by atoms with Gasteiger partial charge in [0.15, 0.2) is 0 Å². The zero-order chi connectivity index (χ0) is 22.9. The van der Waals surface area contributed by atoms with Crippen molar-refractivity contribution in [2.45, 2.75) is 61.1 Å². The van der Waals surface area contributed by atoms with Crippen molar-refractivity contribution in [3.8, 4) is 0 Å². The molecule has 0 radical (unpaired) electrons. The molecule has 7 nitrogen and oxygen atoms in total. The van der Waals surface area contributed by atoms with Crippen LogP contribution in [0.5, 0.6) is 0 Å². The Morgan fingerprint density at radius 1 is 1.25 bits per heavy atom. The van der Waals surface area contributed by atoms with Gasteiger partial charge in [0.05, 0.1) is 29.2 Å². The molecule has 174 valence electrons. The van der Waals surface area contributed by atoms with Gasteiger partial charge in [-0.3, -0.25) is 14.4 Å². The summed E-state index contributed by atoms with van der Waals surface area (Å²) in [7, 11) is 1.60. The summed E-state index contributed by atoms with van der Waals surface area (Å²) < 4.78 is -0.629. The van der Waals surface area contributed by atoms with Gasteiger partial charge in [0.2, 0.25) is 17.7 Å². The molecular formula is C24H33N3O4S. The van der Waals surface area contributed by atoms with Gasteiger partial charge in [0.1, 0.15) is 6.04 Å². The molecule has 1 aromatic rings. The minimum atomic E-state index is -0.705. The quantitative estimate of drug-likeness (QED) is 0.490. The van der Waals surface area contributed by atoms with Gasteiger partial charge < -0.3 is 20.6 Å². The Labute approximate surface area is 193 Å². The Morgan fingerprint density at radius 3 is 2.66 bits per heavy atom. The number of hydrogen-bond acceptors (Lipinski definition) is 5. The summed E-state index contributed by atoms with van der Waals surface area (Å²) in [5.74, 6) is -1.48. The number of amides is 3. The van der Waals surface area contributed by atoms with Crippen LogP contribution in [0.3, 0.4) is 0 Å². The SMILES string of the molecule is CCCCCNC(=O)C1N([C@H](CO)c2ccccc2)C(=O)[C@@H]2[C@@H](C(=O)NC)[C@H]3CCC12S3. The van der Waals surface area contributed by atoms with E-state index in [1.54, 1.807) is 23.7 Å². The van der Waals surface area contributed by atoms with E-state index in [1.807, 2.05) is 30.3 Å². The number of unbranched alkanes of at least 4 members (excludes halogenated alkanes) is 2. The summed E-state index contributed by atoms with van der Waals surface area (Å²) in [5.41, 5.74) is 0.791. The Bertz CT molecular complexity index is 866. The zero-order valence-corrected chi connectivity index (χ0v) is 19.6. The standard InChI is InChI=1S/C24H33N3O4S/c1-3-4-8-13-26-22(30)20-24-12-11-17(32-24)18(21(29)25-2)19(24)23(31)27(20)16(14-28)15-9-6-5-7-10-15/h5-7,9-10,16-20,28H,3-4,8,11-14H2,1-2H3,(H,25,29)(H,26,30)/t16-,17-,18+,19+,20?,24?/m1/s1. The number of carbonyl (C=O) groups excluding carboxylic acids is 3. The lowest BCUT2D eigenvalue weighted by Crippen LogP contribution is -2.54. The first kappa shape index (κ1) is 23.1. The molecule has 3 fully saturated rings. The van der Waals surface area contributed by atoms with E-state index in [0.717, 1.165) is 37.7 Å². The summed E-state index contributed by atoms with van der Waals surface area (Å²) in [6, 6.07) is 8.03. The van der Waals surface area contributed by atoms with Crippen molar-refractivity contribution in [1.82, 2.24) is 15.5 Å². The molecule has 3 heterocycles. The van der Waals surface area contributed by atoms with E-state index >= 15 is 0 Å². The minimum Gasteiger partial charge on any atom is -0.394 e. The molecule has 3 aliphatic rings. The average Bonchev–Trinajstić information content (AvgIpc) is 3.45. The highest BCUT2D eigenvalue weighted by atomic mass is 32.2. The summed E-state index contributed by atoms with van der Waals surface area (Å²) >= 11 is 1.65. The highest BCUT2D eigenvalue weighted by Crippen LogP contribution is 2.67. The fourth-order valence-corrected chi connectivity index (χ4v) is 8.11. The number of rotatable bonds is 9. The van der Waals surface area contributed by atoms with Gasteiger partial charge in [-0.2, -0.15) is 0 Å². The van der Waals surface area contributed by atoms with Crippen LogP contribution in [0.4, 0.5) is 0 Å². The zero-order valence-electron chi connectivity index (χ0n) is 18.8. The van der Waals surface area contributed by atoms with Crippen LogP contribution in [-0.2, 0) is 14.4 Å². The minimum absolute atomic E-state index is 0.0470. The van der Waals surface area contributed by atoms with Crippen LogP contribution < -0.4 is 10.6 Å². The number of thioether (sulfide) groups is 1. The second-order valence-corrected chi connectivity index (χ2v) is 10.6. The summed E-state index contributed by atoms with van der Waals surface area (Å²) in [5, 5.41) is 16.2. The first-order chi connectivity index (χ1) is 15.5. The number of carbonyl (C=O) groups is 3. The van der Waals surface area contributed by atoms with Crippen LogP contribution in [0.15, 0.2) is 30.3 Å². The molecule has 32 heavy (non-hydrogen) atoms. The number of likely N-dealkylation sites (tertiary alicyclic amines) is 1. The molecule has 1 spiro atoms. The van der Waals surface area contributed by atoms with Crippen LogP contribution in [0.1, 0.15) is 50.6 Å². The largest absolute Gasteiger partial charge is 0.394 e. The van der Waals surface area contributed by atoms with Gasteiger partial charge in [0.25, 0.3) is 0 Å². The fourth-order valence-electron chi connectivity index (χ4n) is 5.91. The monoisotopic (exact) mass is 459 g/mol. The van der Waals surface area contributed by atoms with Crippen molar-refractivity contribution < 1.29 is 19.5 Å². The predicted octanol–water partition coefficient (Wildman–Crippen LogP) is 1.86. The Morgan fingerprint density at radius 2 is 2.00 bits per heavy atom. The molecule has 6 atom stereocenters. The smallest absolute Gasteiger partial charge is 0.244 e. The van der Waals surface area contributed by atoms with Gasteiger partial charge in [0, 0.05) is 18.8 Å². The highest BCUT2D eigenvalue weighted by Gasteiger charge is 2.74. The summed E-state index contributed by atoms with van der Waals surface area (Å²) in [6.45, 7) is 2.40. The van der Waals surface area contributed by atoms with Gasteiger partial charge >= 0.3 is 0 Å². The summed E-state index contributed by atoms with van der Waals surface area (Å²) in [4.78, 5) is 41.9. The number of benzene rings is 1. The fraction of sp³-hybridized carbons (Fsp3) is 0.625. The van der Waals surface area contributed by atoms with Crippen molar-refractivity contribution in [3.05, 3.63) is 35.9 Å². The summed E-state index contributed by atoms with van der Waals surface area (Å²) in [6.07, 6.45) is 4.51. The van der Waals surface area contributed by atoms with Crippen LogP contribution in [-0.4, -0.2) is 64.0 Å². The molecule has 8 heteroatoms. The third kappa shape index (κ3) is 3.61. The van der Waals surface area contributed by atoms with E-state index in [9.17, 15) is 19.5 Å². The van der Waals surface area contributed by atoms with Gasteiger partial charge in [-0.15, -0.1) is 11.8 Å². The molecule has 0 aliphatic carbocycles. The highest BCUT2D eigenvalue weighted by molar-refractivity contribution is 8.02. The van der Waals surface area contributed by atoms with Crippen molar-refractivity contribution >= 4 is 29.5 Å². The lowest BCUT2D eigenvalue weighted by atomic mass is 9.71. The first-order valence-electron chi connectivity index (χ1n) is 11.6. The van der Waals surface area contributed by atoms with Gasteiger partial charge in [-0.1, -0.05) is 50.1 Å².